The van der Waals surface area contributed by atoms with Crippen LogP contribution in [0.4, 0.5) is 5.82 Å². The van der Waals surface area contributed by atoms with Crippen LogP contribution >= 0.6 is 0 Å². The summed E-state index contributed by atoms with van der Waals surface area (Å²) < 4.78 is 0. The zero-order chi connectivity index (χ0) is 14.7. The Balaban J connectivity index is 1.99. The van der Waals surface area contributed by atoms with Gasteiger partial charge in [-0.05, 0) is 36.8 Å². The molecule has 0 aliphatic carbocycles. The first-order chi connectivity index (χ1) is 9.49. The molecule has 2 heterocycles. The van der Waals surface area contributed by atoms with E-state index in [2.05, 4.69) is 28.9 Å². The SMILES string of the molecule is CC(C)C1CCN(c2ccc(C(=O)N(C)C)nn2)CC1. The van der Waals surface area contributed by atoms with Gasteiger partial charge < -0.3 is 9.80 Å². The van der Waals surface area contributed by atoms with Gasteiger partial charge in [-0.2, -0.15) is 0 Å². The number of hydrogen-bond donors (Lipinski definition) is 0. The summed E-state index contributed by atoms with van der Waals surface area (Å²) in [6.45, 7) is 6.64. The van der Waals surface area contributed by atoms with E-state index in [0.717, 1.165) is 30.7 Å². The Morgan fingerprint density at radius 3 is 2.35 bits per heavy atom. The molecule has 0 bridgehead atoms. The van der Waals surface area contributed by atoms with Crippen molar-refractivity contribution in [3.63, 3.8) is 0 Å². The van der Waals surface area contributed by atoms with Crippen molar-refractivity contribution in [1.29, 1.82) is 0 Å². The van der Waals surface area contributed by atoms with E-state index in [1.807, 2.05) is 6.07 Å². The number of piperidine rings is 1. The molecule has 1 saturated heterocycles. The molecule has 110 valence electrons. The molecule has 0 atom stereocenters. The fourth-order valence-electron chi connectivity index (χ4n) is 2.63. The lowest BCUT2D eigenvalue weighted by atomic mass is 9.87. The highest BCUT2D eigenvalue weighted by Crippen LogP contribution is 2.26. The van der Waals surface area contributed by atoms with Crippen molar-refractivity contribution < 1.29 is 4.79 Å². The minimum absolute atomic E-state index is 0.109. The molecule has 0 N–H and O–H groups in total. The van der Waals surface area contributed by atoms with Gasteiger partial charge in [-0.3, -0.25) is 4.79 Å². The molecule has 1 aromatic heterocycles. The number of hydrogen-bond acceptors (Lipinski definition) is 4. The van der Waals surface area contributed by atoms with Gasteiger partial charge >= 0.3 is 0 Å². The molecule has 5 nitrogen and oxygen atoms in total. The summed E-state index contributed by atoms with van der Waals surface area (Å²) in [6, 6.07) is 3.67. The van der Waals surface area contributed by atoms with Crippen LogP contribution in [-0.4, -0.2) is 48.2 Å². The van der Waals surface area contributed by atoms with Gasteiger partial charge in [0.1, 0.15) is 0 Å². The average Bonchev–Trinajstić information content (AvgIpc) is 2.46. The number of amides is 1. The van der Waals surface area contributed by atoms with Gasteiger partial charge in [0, 0.05) is 27.2 Å². The first kappa shape index (κ1) is 14.8. The van der Waals surface area contributed by atoms with Crippen LogP contribution in [0, 0.1) is 11.8 Å². The van der Waals surface area contributed by atoms with Crippen molar-refractivity contribution in [2.45, 2.75) is 26.7 Å². The second kappa shape index (κ2) is 6.20. The first-order valence-corrected chi connectivity index (χ1v) is 7.29. The maximum absolute atomic E-state index is 11.8. The standard InChI is InChI=1S/C15H24N4O/c1-11(2)12-7-9-19(10-8-12)14-6-5-13(16-17-14)15(20)18(3)4/h5-6,11-12H,7-10H2,1-4H3. The fraction of sp³-hybridized carbons (Fsp3) is 0.667. The summed E-state index contributed by atoms with van der Waals surface area (Å²) in [5, 5.41) is 8.25. The second-order valence-electron chi connectivity index (χ2n) is 6.04. The van der Waals surface area contributed by atoms with Crippen molar-refractivity contribution in [1.82, 2.24) is 15.1 Å². The monoisotopic (exact) mass is 276 g/mol. The van der Waals surface area contributed by atoms with Crippen molar-refractivity contribution in [3.8, 4) is 0 Å². The average molecular weight is 276 g/mol. The van der Waals surface area contributed by atoms with Gasteiger partial charge in [0.25, 0.3) is 5.91 Å². The third kappa shape index (κ3) is 3.26. The van der Waals surface area contributed by atoms with E-state index in [1.54, 1.807) is 20.2 Å². The predicted octanol–water partition coefficient (Wildman–Crippen LogP) is 2.05. The molecule has 20 heavy (non-hydrogen) atoms. The van der Waals surface area contributed by atoms with Crippen LogP contribution < -0.4 is 4.90 Å². The molecule has 0 spiro atoms. The summed E-state index contributed by atoms with van der Waals surface area (Å²) in [5.41, 5.74) is 0.399. The molecule has 2 rings (SSSR count). The van der Waals surface area contributed by atoms with E-state index in [-0.39, 0.29) is 5.91 Å². The number of nitrogens with zero attached hydrogens (tertiary/aromatic N) is 4. The highest BCUT2D eigenvalue weighted by atomic mass is 16.2. The molecular formula is C15H24N4O. The van der Waals surface area contributed by atoms with Gasteiger partial charge in [-0.1, -0.05) is 13.8 Å². The van der Waals surface area contributed by atoms with Gasteiger partial charge in [0.2, 0.25) is 0 Å². The zero-order valence-electron chi connectivity index (χ0n) is 12.8. The quantitative estimate of drug-likeness (QED) is 0.848. The van der Waals surface area contributed by atoms with Crippen LogP contribution in [0.5, 0.6) is 0 Å². The number of rotatable bonds is 3. The topological polar surface area (TPSA) is 49.3 Å². The van der Waals surface area contributed by atoms with Gasteiger partial charge in [0.05, 0.1) is 0 Å². The lowest BCUT2D eigenvalue weighted by Gasteiger charge is -2.34. The zero-order valence-corrected chi connectivity index (χ0v) is 12.8. The van der Waals surface area contributed by atoms with E-state index in [4.69, 9.17) is 0 Å². The van der Waals surface area contributed by atoms with E-state index >= 15 is 0 Å². The van der Waals surface area contributed by atoms with Crippen LogP contribution in [0.3, 0.4) is 0 Å². The normalized spacial score (nSPS) is 16.6. The summed E-state index contributed by atoms with van der Waals surface area (Å²) in [5.74, 6) is 2.34. The lowest BCUT2D eigenvalue weighted by molar-refractivity contribution is 0.0821. The molecule has 1 amide bonds. The molecule has 1 fully saturated rings. The number of carbonyl (C=O) groups is 1. The summed E-state index contributed by atoms with van der Waals surface area (Å²) in [6.07, 6.45) is 2.41. The Bertz CT molecular complexity index is 447. The Hall–Kier alpha value is -1.65. The van der Waals surface area contributed by atoms with Crippen molar-refractivity contribution in [2.75, 3.05) is 32.1 Å². The van der Waals surface area contributed by atoms with Gasteiger partial charge in [-0.25, -0.2) is 0 Å². The highest BCUT2D eigenvalue weighted by Gasteiger charge is 2.22. The van der Waals surface area contributed by atoms with Crippen LogP contribution in [-0.2, 0) is 0 Å². The Morgan fingerprint density at radius 1 is 1.25 bits per heavy atom. The maximum atomic E-state index is 11.8. The lowest BCUT2D eigenvalue weighted by Crippen LogP contribution is -2.36. The van der Waals surface area contributed by atoms with Gasteiger partial charge in [0.15, 0.2) is 11.5 Å². The Kier molecular flexibility index (Phi) is 4.57. The predicted molar refractivity (Wildman–Crippen MR) is 79.8 cm³/mol. The van der Waals surface area contributed by atoms with E-state index in [9.17, 15) is 4.79 Å². The summed E-state index contributed by atoms with van der Waals surface area (Å²) in [4.78, 5) is 15.5. The minimum Gasteiger partial charge on any atom is -0.355 e. The molecule has 0 unspecified atom stereocenters. The minimum atomic E-state index is -0.109. The molecular weight excluding hydrogens is 252 g/mol. The van der Waals surface area contributed by atoms with Crippen molar-refractivity contribution >= 4 is 11.7 Å². The fourth-order valence-corrected chi connectivity index (χ4v) is 2.63. The van der Waals surface area contributed by atoms with E-state index in [0.29, 0.717) is 5.69 Å². The maximum Gasteiger partial charge on any atom is 0.273 e. The largest absolute Gasteiger partial charge is 0.355 e. The number of aromatic nitrogens is 2. The first-order valence-electron chi connectivity index (χ1n) is 7.29. The molecule has 0 aromatic carbocycles. The molecule has 1 aromatic rings. The highest BCUT2D eigenvalue weighted by molar-refractivity contribution is 5.91. The number of anilines is 1. The van der Waals surface area contributed by atoms with Crippen LogP contribution in [0.25, 0.3) is 0 Å². The third-order valence-corrected chi connectivity index (χ3v) is 4.08. The van der Waals surface area contributed by atoms with Crippen LogP contribution in [0.1, 0.15) is 37.2 Å². The summed E-state index contributed by atoms with van der Waals surface area (Å²) >= 11 is 0. The number of carbonyl (C=O) groups excluding carboxylic acids is 1. The molecule has 1 aliphatic rings. The van der Waals surface area contributed by atoms with Gasteiger partial charge in [-0.15, -0.1) is 10.2 Å². The Labute approximate surface area is 121 Å². The second-order valence-corrected chi connectivity index (χ2v) is 6.04. The Morgan fingerprint density at radius 2 is 1.90 bits per heavy atom. The summed E-state index contributed by atoms with van der Waals surface area (Å²) in [7, 11) is 3.43. The molecule has 5 heteroatoms. The van der Waals surface area contributed by atoms with E-state index in [1.165, 1.54) is 17.7 Å². The van der Waals surface area contributed by atoms with Crippen LogP contribution in [0.15, 0.2) is 12.1 Å². The molecule has 1 aliphatic heterocycles. The smallest absolute Gasteiger partial charge is 0.273 e. The van der Waals surface area contributed by atoms with Crippen molar-refractivity contribution in [2.24, 2.45) is 11.8 Å². The molecule has 0 radical (unpaired) electrons. The third-order valence-electron chi connectivity index (χ3n) is 4.08. The van der Waals surface area contributed by atoms with E-state index < -0.39 is 0 Å². The van der Waals surface area contributed by atoms with Crippen LogP contribution in [0.2, 0.25) is 0 Å². The van der Waals surface area contributed by atoms with Crippen molar-refractivity contribution in [3.05, 3.63) is 17.8 Å². The molecule has 0 saturated carbocycles.